The lowest BCUT2D eigenvalue weighted by atomic mass is 9.79. The molecule has 0 aromatic heterocycles. The van der Waals surface area contributed by atoms with E-state index in [4.69, 9.17) is 51.5 Å². The fourth-order valence-corrected chi connectivity index (χ4v) is 14.7. The van der Waals surface area contributed by atoms with Gasteiger partial charge in [0, 0.05) is 31.4 Å². The van der Waals surface area contributed by atoms with Gasteiger partial charge in [-0.2, -0.15) is 0 Å². The zero-order valence-corrected chi connectivity index (χ0v) is 47.3. The Hall–Kier alpha value is -1.74. The fraction of sp³-hybridized carbons (Fsp3) is 0.830. The van der Waals surface area contributed by atoms with Gasteiger partial charge in [-0.1, -0.05) is 87.4 Å². The molecule has 3 aliphatic rings. The molecule has 15 heteroatoms. The molecule has 12 atom stereocenters. The molecule has 0 unspecified atom stereocenters. The predicted octanol–water partition coefficient (Wildman–Crippen LogP) is 11.0. The van der Waals surface area contributed by atoms with Gasteiger partial charge in [0.1, 0.15) is 18.6 Å². The lowest BCUT2D eigenvalue weighted by molar-refractivity contribution is -0.367. The summed E-state index contributed by atoms with van der Waals surface area (Å²) in [5.74, 6) is -1.43. The highest BCUT2D eigenvalue weighted by atomic mass is 28.4. The van der Waals surface area contributed by atoms with E-state index >= 15 is 0 Å². The minimum absolute atomic E-state index is 0.0740. The second kappa shape index (κ2) is 25.8. The van der Waals surface area contributed by atoms with Crippen LogP contribution >= 0.6 is 0 Å². The molecule has 4 rings (SSSR count). The Balaban J connectivity index is 1.75. The van der Waals surface area contributed by atoms with Gasteiger partial charge in [0.15, 0.2) is 28.2 Å². The van der Waals surface area contributed by atoms with Gasteiger partial charge in [-0.15, -0.1) is 0 Å². The van der Waals surface area contributed by atoms with Crippen molar-refractivity contribution in [3.05, 3.63) is 41.5 Å². The maximum absolute atomic E-state index is 12.9. The molecule has 68 heavy (non-hydrogen) atoms. The molecule has 1 aromatic rings. The minimum atomic E-state index is -2.41. The Morgan fingerprint density at radius 1 is 0.882 bits per heavy atom. The van der Waals surface area contributed by atoms with E-state index in [1.54, 1.807) is 21.1 Å². The van der Waals surface area contributed by atoms with Crippen LogP contribution in [0.2, 0.25) is 36.3 Å². The van der Waals surface area contributed by atoms with E-state index in [-0.39, 0.29) is 53.8 Å². The van der Waals surface area contributed by atoms with E-state index in [1.807, 2.05) is 44.2 Å². The van der Waals surface area contributed by atoms with Gasteiger partial charge in [-0.25, -0.2) is 4.79 Å². The highest BCUT2D eigenvalue weighted by molar-refractivity contribution is 6.74. The van der Waals surface area contributed by atoms with Crippen LogP contribution < -0.4 is 4.74 Å². The summed E-state index contributed by atoms with van der Waals surface area (Å²) in [4.78, 5) is 12.5. The number of methoxy groups -OCH3 is 3. The third-order valence-corrected chi connectivity index (χ3v) is 24.9. The first kappa shape index (κ1) is 58.8. The largest absolute Gasteiger partial charge is 0.497 e. The summed E-state index contributed by atoms with van der Waals surface area (Å²) in [7, 11) is -0.0430. The summed E-state index contributed by atoms with van der Waals surface area (Å²) >= 11 is 0. The van der Waals surface area contributed by atoms with Crippen molar-refractivity contribution in [3.8, 4) is 5.75 Å². The maximum atomic E-state index is 12.9. The molecule has 3 fully saturated rings. The van der Waals surface area contributed by atoms with Crippen LogP contribution in [0.4, 0.5) is 0 Å². The first-order chi connectivity index (χ1) is 31.9. The zero-order chi connectivity index (χ0) is 50.7. The number of esters is 1. The van der Waals surface area contributed by atoms with Crippen molar-refractivity contribution in [2.75, 3.05) is 41.3 Å². The van der Waals surface area contributed by atoms with E-state index < -0.39 is 58.6 Å². The normalized spacial score (nSPS) is 27.0. The van der Waals surface area contributed by atoms with E-state index in [0.717, 1.165) is 55.1 Å². The number of hydrogen-bond acceptors (Lipinski definition) is 13. The second-order valence-electron chi connectivity index (χ2n) is 22.1. The average Bonchev–Trinajstić information content (AvgIpc) is 3.74. The minimum Gasteiger partial charge on any atom is -0.497 e. The Morgan fingerprint density at radius 3 is 1.99 bits per heavy atom. The molecule has 0 saturated carbocycles. The van der Waals surface area contributed by atoms with E-state index in [2.05, 4.69) is 75.4 Å². The highest BCUT2D eigenvalue weighted by Crippen LogP contribution is 2.49. The third-order valence-electron chi connectivity index (χ3n) is 15.8. The van der Waals surface area contributed by atoms with Crippen LogP contribution in [0.5, 0.6) is 5.75 Å². The molecule has 1 spiro atoms. The molecule has 1 N–H and O–H groups in total. The standard InChI is InChI=1S/C53H94O13Si2/c1-18-68(19-2,20-3)65-44(47(54)40(8)43(26-21-38(6)50(55)58-15)59-34-41-22-24-42(57-14)25-23-41)31-39(7)48(66-67(16,17)51(9,10)11)45-29-36(4)32-53(63-45)33-37(5)30-46(64-53)49(60-35-56-13)52(12)61-27-28-62-52/h21-25,36-37,39-40,43-49,54H,18-20,26-35H2,1-17H3/b38-21+/t36-,37+,39-,40-,43-,44+,45-,46-,47+,48-,49+,53-/m0/s1. The number of carbonyl (C=O) groups is 1. The van der Waals surface area contributed by atoms with Gasteiger partial charge in [-0.05, 0) is 111 Å². The Labute approximate surface area is 413 Å². The average molecular weight is 995 g/mol. The summed E-state index contributed by atoms with van der Waals surface area (Å²) < 4.78 is 71.0. The van der Waals surface area contributed by atoms with Crippen LogP contribution in [0, 0.1) is 23.7 Å². The third kappa shape index (κ3) is 15.4. The number of rotatable bonds is 26. The van der Waals surface area contributed by atoms with Crippen molar-refractivity contribution in [1.82, 2.24) is 0 Å². The van der Waals surface area contributed by atoms with Crippen LogP contribution in [0.1, 0.15) is 127 Å². The highest BCUT2D eigenvalue weighted by Gasteiger charge is 2.56. The number of benzene rings is 1. The summed E-state index contributed by atoms with van der Waals surface area (Å²) in [6, 6.07) is 10.6. The number of ether oxygens (including phenoxy) is 9. The number of aliphatic hydroxyl groups is 1. The van der Waals surface area contributed by atoms with Gasteiger partial charge < -0.3 is 56.6 Å². The second-order valence-corrected chi connectivity index (χ2v) is 31.6. The number of carbonyl (C=O) groups excluding carboxylic acids is 1. The van der Waals surface area contributed by atoms with Crippen molar-refractivity contribution in [2.45, 2.75) is 219 Å². The van der Waals surface area contributed by atoms with Crippen molar-refractivity contribution in [1.29, 1.82) is 0 Å². The van der Waals surface area contributed by atoms with Crippen LogP contribution in [-0.4, -0.2) is 123 Å². The van der Waals surface area contributed by atoms with Crippen molar-refractivity contribution < 1.29 is 61.4 Å². The van der Waals surface area contributed by atoms with Crippen LogP contribution in [0.25, 0.3) is 0 Å². The lowest BCUT2D eigenvalue weighted by Crippen LogP contribution is -2.61. The van der Waals surface area contributed by atoms with E-state index in [9.17, 15) is 9.90 Å². The smallest absolute Gasteiger partial charge is 0.333 e. The summed E-state index contributed by atoms with van der Waals surface area (Å²) in [6.45, 7) is 32.1. The van der Waals surface area contributed by atoms with Gasteiger partial charge in [0.05, 0.1) is 70.7 Å². The van der Waals surface area contributed by atoms with Crippen LogP contribution in [0.3, 0.4) is 0 Å². The molecule has 392 valence electrons. The van der Waals surface area contributed by atoms with Crippen LogP contribution in [-0.2, 0) is 58.1 Å². The monoisotopic (exact) mass is 995 g/mol. The molecular formula is C53H94O13Si2. The summed E-state index contributed by atoms with van der Waals surface area (Å²) in [6.07, 6.45) is 2.45. The fourth-order valence-electron chi connectivity index (χ4n) is 10.4. The molecule has 0 amide bonds. The van der Waals surface area contributed by atoms with E-state index in [1.165, 1.54) is 7.11 Å². The molecule has 0 bridgehead atoms. The SMILES string of the molecule is CC[Si](CC)(CC)O[C@H](C[C@H](C)[C@H](O[Si](C)(C)C(C)(C)C)[C@@H]1C[C@H](C)C[C@]2(C[C@H](C)C[C@@H]([C@@H](OCOC)C3(C)OCCO3)O2)O1)[C@H](O)[C@@H](C)[C@H](C/C=C(\C)C(=O)OC)OCc1ccc(OC)cc1. The lowest BCUT2D eigenvalue weighted by Gasteiger charge is -2.54. The van der Waals surface area contributed by atoms with Gasteiger partial charge in [-0.3, -0.25) is 0 Å². The molecule has 0 radical (unpaired) electrons. The summed E-state index contributed by atoms with van der Waals surface area (Å²) in [5.41, 5.74) is 1.46. The Bertz CT molecular complexity index is 1680. The molecule has 3 saturated heterocycles. The van der Waals surface area contributed by atoms with Crippen molar-refractivity contribution in [3.63, 3.8) is 0 Å². The number of aliphatic hydroxyl groups excluding tert-OH is 1. The quantitative estimate of drug-likeness (QED) is 0.0408. The Kier molecular flexibility index (Phi) is 22.3. The molecule has 0 aliphatic carbocycles. The van der Waals surface area contributed by atoms with Gasteiger partial charge >= 0.3 is 5.97 Å². The molecule has 3 aliphatic heterocycles. The zero-order valence-electron chi connectivity index (χ0n) is 45.3. The van der Waals surface area contributed by atoms with E-state index in [0.29, 0.717) is 38.2 Å². The van der Waals surface area contributed by atoms with Crippen molar-refractivity contribution in [2.24, 2.45) is 23.7 Å². The molecule has 1 aromatic carbocycles. The first-order valence-electron chi connectivity index (χ1n) is 25.7. The first-order valence-corrected chi connectivity index (χ1v) is 31.1. The van der Waals surface area contributed by atoms with Crippen molar-refractivity contribution >= 4 is 22.6 Å². The van der Waals surface area contributed by atoms with Gasteiger partial charge in [0.2, 0.25) is 0 Å². The summed E-state index contributed by atoms with van der Waals surface area (Å²) in [5, 5.41) is 12.8. The predicted molar refractivity (Wildman–Crippen MR) is 271 cm³/mol. The van der Waals surface area contributed by atoms with Gasteiger partial charge in [0.25, 0.3) is 0 Å². The molecular weight excluding hydrogens is 901 g/mol. The molecule has 13 nitrogen and oxygen atoms in total. The number of hydrogen-bond donors (Lipinski definition) is 1. The topological polar surface area (TPSA) is 139 Å². The Morgan fingerprint density at radius 2 is 1.46 bits per heavy atom. The molecule has 3 heterocycles. The van der Waals surface area contributed by atoms with Crippen LogP contribution in [0.15, 0.2) is 35.9 Å². The maximum Gasteiger partial charge on any atom is 0.333 e.